The van der Waals surface area contributed by atoms with Gasteiger partial charge in [-0.05, 0) is 181 Å². The van der Waals surface area contributed by atoms with Gasteiger partial charge in [-0.25, -0.2) is 29.4 Å². The molecule has 758 valence electrons. The highest BCUT2D eigenvalue weighted by Gasteiger charge is 2.29. The maximum atomic E-state index is 13.4. The van der Waals surface area contributed by atoms with E-state index in [2.05, 4.69) is 122 Å². The molecular weight excluding hydrogens is 1880 g/mol. The minimum Gasteiger partial charge on any atom is -0.497 e. The molecule has 39 heteroatoms. The van der Waals surface area contributed by atoms with Crippen molar-refractivity contribution in [2.45, 2.75) is 57.9 Å². The number of hydrogen-bond donors (Lipinski definition) is 3. The molecule has 2 saturated heterocycles. The second kappa shape index (κ2) is 47.5. The van der Waals surface area contributed by atoms with Crippen molar-refractivity contribution in [2.24, 2.45) is 27.1 Å². The van der Waals surface area contributed by atoms with Crippen LogP contribution in [0.25, 0.3) is 89.2 Å². The zero-order valence-electron chi connectivity index (χ0n) is 84.5. The number of rotatable bonds is 39. The number of nitrogens with zero attached hydrogens (tertiary/aromatic N) is 23. The van der Waals surface area contributed by atoms with Crippen molar-refractivity contribution in [2.75, 3.05) is 175 Å². The van der Waals surface area contributed by atoms with E-state index in [4.69, 9.17) is 53.1 Å². The van der Waals surface area contributed by atoms with E-state index >= 15 is 0 Å². The molecule has 3 N–H and O–H groups in total. The molecule has 10 heterocycles. The highest BCUT2D eigenvalue weighted by molar-refractivity contribution is 7.97. The summed E-state index contributed by atoms with van der Waals surface area (Å²) in [4.78, 5) is 64.7. The summed E-state index contributed by atoms with van der Waals surface area (Å²) in [5.74, 6) is 9.38. The third kappa shape index (κ3) is 26.7. The first-order valence-electron chi connectivity index (χ1n) is 48.2. The van der Waals surface area contributed by atoms with Crippen molar-refractivity contribution in [1.82, 2.24) is 108 Å². The minimum atomic E-state index is -3.48. The third-order valence-corrected chi connectivity index (χ3v) is 27.5. The van der Waals surface area contributed by atoms with Gasteiger partial charge in [-0.3, -0.25) is 47.7 Å². The zero-order valence-corrected chi connectivity index (χ0v) is 86.1. The van der Waals surface area contributed by atoms with Crippen LogP contribution in [0.15, 0.2) is 220 Å². The van der Waals surface area contributed by atoms with Crippen molar-refractivity contribution in [1.29, 1.82) is 0 Å². The van der Waals surface area contributed by atoms with Gasteiger partial charge in [0.25, 0.3) is 16.1 Å². The number of fused-ring (bicyclic) bond motifs is 4. The lowest BCUT2D eigenvalue weighted by atomic mass is 10.1. The Bertz CT molecular complexity index is 7340. The standard InChI is InChI=1S/C31H37N7O2.C27H33N7O4S.C24H28N6O3S.C24H28N6O2/c1-35-22-24(20-33-35)30-21-32-28-9-8-25(19-29(28)34-30)38(15-7-12-36-10-3-4-11-36)26-16-23(17-27(18-26)40-2)31(39)37-13-5-6-14-37;1-32(2)39(35,36)30-9-10-33-18-20(15-29-33)27-16-28-25-8-7-21(13-26(25)31-27)34(17-19-5-6-19)22-11-23(37-3)14-24(12-22)38-4;1-29-16-17(14-26-29)24-15-25-22-7-6-18(12-23(22)28-24)30(9-8-27-34(4,5)31)19-10-20(32-2)13-21(11-19)33-3;1-25-8-5-9-30(19-10-20(31-3)13-21(11-19)32-4)18-6-7-22-23(12-18)28-24(15-26-22)17-14-27-29(2)16-17/h8-9,16-22H,3-7,10-15H2,1-2H3;7-8,11-16,18-19,30H,5-6,9-10,17H2,1-4H3;6-7,10-16H,4,8-9H2,1-3,5H3,(H,27,31);6-7,10-16,25H,5,8-9H2,1-4H3. The molecule has 3 aliphatic rings. The Balaban J connectivity index is 0.000000139. The maximum absolute atomic E-state index is 13.4. The molecule has 1 saturated carbocycles. The van der Waals surface area contributed by atoms with E-state index in [9.17, 15) is 17.4 Å². The number of benzene rings is 8. The molecule has 1 unspecified atom stereocenters. The lowest BCUT2D eigenvalue weighted by Gasteiger charge is -2.28. The van der Waals surface area contributed by atoms with Crippen LogP contribution < -0.4 is 67.5 Å². The van der Waals surface area contributed by atoms with Gasteiger partial charge in [-0.1, -0.05) is 0 Å². The summed E-state index contributed by atoms with van der Waals surface area (Å²) in [6.45, 7) is 10.1. The molecule has 2 aliphatic heterocycles. The maximum Gasteiger partial charge on any atom is 0.278 e. The van der Waals surface area contributed by atoms with E-state index < -0.39 is 19.9 Å². The number of likely N-dealkylation sites (tertiary alicyclic amines) is 2. The molecule has 19 rings (SSSR count). The molecule has 8 aromatic heterocycles. The first kappa shape index (κ1) is 103. The summed E-state index contributed by atoms with van der Waals surface area (Å²) in [5, 5.41) is 20.3. The van der Waals surface area contributed by atoms with E-state index in [1.165, 1.54) is 52.9 Å². The molecule has 0 spiro atoms. The molecule has 0 radical (unpaired) electrons. The summed E-state index contributed by atoms with van der Waals surface area (Å²) in [7, 11) is 16.3. The van der Waals surface area contributed by atoms with Gasteiger partial charge < -0.3 is 67.9 Å². The number of hydrogen-bond acceptors (Lipinski definition) is 29. The summed E-state index contributed by atoms with van der Waals surface area (Å²) in [6, 6.07) is 47.8. The molecule has 145 heavy (non-hydrogen) atoms. The number of nitrogens with one attached hydrogen (secondary N) is 3. The van der Waals surface area contributed by atoms with Crippen LogP contribution in [0.1, 0.15) is 61.7 Å². The second-order valence-corrected chi connectivity index (χ2v) is 40.3. The largest absolute Gasteiger partial charge is 0.497 e. The Labute approximate surface area is 845 Å². The van der Waals surface area contributed by atoms with Crippen molar-refractivity contribution in [3.8, 4) is 85.3 Å². The Morgan fingerprint density at radius 1 is 0.393 bits per heavy atom. The average Bonchev–Trinajstić information content (AvgIpc) is 1.18. The van der Waals surface area contributed by atoms with Crippen molar-refractivity contribution in [3.05, 3.63) is 226 Å². The smallest absolute Gasteiger partial charge is 0.278 e. The van der Waals surface area contributed by atoms with Gasteiger partial charge in [0.1, 0.15) is 40.2 Å². The number of amides is 1. The highest BCUT2D eigenvalue weighted by atomic mass is 32.2. The molecule has 37 nitrogen and oxygen atoms in total. The topological polar surface area (TPSA) is 366 Å². The zero-order chi connectivity index (χ0) is 102. The Hall–Kier alpha value is -15.0. The molecule has 1 amide bonds. The molecule has 1 aliphatic carbocycles. The molecule has 3 fully saturated rings. The van der Waals surface area contributed by atoms with E-state index in [-0.39, 0.29) is 12.5 Å². The molecule has 0 bridgehead atoms. The van der Waals surface area contributed by atoms with Gasteiger partial charge in [0.05, 0.1) is 173 Å². The van der Waals surface area contributed by atoms with Crippen molar-refractivity contribution < 1.29 is 50.6 Å². The molecule has 16 aromatic rings. The van der Waals surface area contributed by atoms with Crippen LogP contribution in [0, 0.1) is 5.92 Å². The predicted octanol–water partition coefficient (Wildman–Crippen LogP) is 15.2. The second-order valence-electron chi connectivity index (χ2n) is 36.0. The Kier molecular flexibility index (Phi) is 33.7. The van der Waals surface area contributed by atoms with Gasteiger partial charge in [-0.2, -0.15) is 33.1 Å². The van der Waals surface area contributed by atoms with E-state index in [1.54, 1.807) is 124 Å². The minimum absolute atomic E-state index is 0.0696. The van der Waals surface area contributed by atoms with Gasteiger partial charge in [0.2, 0.25) is 0 Å². The quantitative estimate of drug-likeness (QED) is 0.0238. The Morgan fingerprint density at radius 2 is 0.752 bits per heavy atom. The fourth-order valence-corrected chi connectivity index (χ4v) is 18.4. The van der Waals surface area contributed by atoms with Gasteiger partial charge >= 0.3 is 0 Å². The van der Waals surface area contributed by atoms with Crippen LogP contribution in [0.4, 0.5) is 45.5 Å². The van der Waals surface area contributed by atoms with Crippen LogP contribution in [-0.2, 0) is 47.6 Å². The van der Waals surface area contributed by atoms with E-state index in [0.29, 0.717) is 54.1 Å². The monoisotopic (exact) mass is 2000 g/mol. The number of aromatic nitrogens is 16. The van der Waals surface area contributed by atoms with Crippen LogP contribution in [0.5, 0.6) is 40.2 Å². The lowest BCUT2D eigenvalue weighted by molar-refractivity contribution is 0.0792. The van der Waals surface area contributed by atoms with Crippen LogP contribution >= 0.6 is 0 Å². The van der Waals surface area contributed by atoms with Crippen LogP contribution in [0.2, 0.25) is 0 Å². The summed E-state index contributed by atoms with van der Waals surface area (Å²) in [6.07, 6.45) is 32.4. The summed E-state index contributed by atoms with van der Waals surface area (Å²) in [5.41, 5.74) is 21.4. The number of methoxy groups -OCH3 is 7. The fourth-order valence-electron chi connectivity index (χ4n) is 17.2. The fraction of sp³-hybridized carbons (Fsp3) is 0.340. The number of carbonyl (C=O) groups is 1. The SMILES string of the molecule is C=S(C)(=O)NCCN(c1cc(OC)cc(OC)c1)c1ccc2ncc(-c3cnn(C)c3)nc2c1.CNCCCN(c1cc(OC)cc(OC)c1)c1ccc2ncc(-c3cnn(C)c3)nc2c1.COc1cc(C(=O)N2CCCC2)cc(N(CCCN2CCCC2)c2ccc3ncc(-c4cnn(C)c4)nc3c2)c1.COc1cc(OC)cc(N(CC2CC2)c2ccc3ncc(-c4cnn(CCNS(=O)(=O)N(C)C)c4)nc3c2)c1. The first-order chi connectivity index (χ1) is 70.2. The van der Waals surface area contributed by atoms with E-state index in [0.717, 1.165) is 228 Å². The third-order valence-electron chi connectivity index (χ3n) is 25.2. The van der Waals surface area contributed by atoms with Gasteiger partial charge in [0, 0.05) is 262 Å². The number of carbonyl (C=O) groups excluding carboxylic acids is 1. The normalized spacial score (nSPS) is 13.5. The predicted molar refractivity (Wildman–Crippen MR) is 572 cm³/mol. The average molecular weight is 2000 g/mol. The van der Waals surface area contributed by atoms with Gasteiger partial charge in [-0.15, -0.1) is 0 Å². The number of anilines is 8. The lowest BCUT2D eigenvalue weighted by Crippen LogP contribution is -2.37. The number of aryl methyl sites for hydroxylation is 3. The molecule has 8 aromatic carbocycles. The summed E-state index contributed by atoms with van der Waals surface area (Å²) < 4.78 is 88.2. The van der Waals surface area contributed by atoms with E-state index in [1.807, 2.05) is 167 Å². The molecule has 1 atom stereocenters. The summed E-state index contributed by atoms with van der Waals surface area (Å²) >= 11 is 0. The number of ether oxygens (including phenoxy) is 7. The van der Waals surface area contributed by atoms with Crippen molar-refractivity contribution in [3.63, 3.8) is 0 Å². The van der Waals surface area contributed by atoms with Gasteiger partial charge in [0.15, 0.2) is 0 Å². The van der Waals surface area contributed by atoms with Crippen LogP contribution in [-0.4, -0.2) is 273 Å². The molecular formula is C106H126N26O11S2. The first-order valence-corrected chi connectivity index (χ1v) is 51.7. The highest BCUT2D eigenvalue weighted by Crippen LogP contribution is 2.42. The van der Waals surface area contributed by atoms with Crippen molar-refractivity contribution >= 4 is 121 Å². The Morgan fingerprint density at radius 3 is 1.12 bits per heavy atom. The van der Waals surface area contributed by atoms with Crippen LogP contribution in [0.3, 0.4) is 0 Å².